The Morgan fingerprint density at radius 1 is 1.14 bits per heavy atom. The Kier molecular flexibility index (Phi) is 5.06. The van der Waals surface area contributed by atoms with E-state index in [9.17, 15) is 4.79 Å². The number of nitrogens with zero attached hydrogens (tertiary/aromatic N) is 6. The van der Waals surface area contributed by atoms with Gasteiger partial charge in [0.2, 0.25) is 5.88 Å². The van der Waals surface area contributed by atoms with E-state index in [1.54, 1.807) is 17.4 Å². The summed E-state index contributed by atoms with van der Waals surface area (Å²) in [5.74, 6) is 2.48. The first-order chi connectivity index (χ1) is 13.8. The summed E-state index contributed by atoms with van der Waals surface area (Å²) in [6.45, 7) is 10.5. The molecule has 29 heavy (non-hydrogen) atoms. The molecule has 4 heterocycles. The second-order valence-electron chi connectivity index (χ2n) is 8.48. The van der Waals surface area contributed by atoms with Gasteiger partial charge in [0, 0.05) is 38.5 Å². The number of piperidine rings is 1. The van der Waals surface area contributed by atoms with Crippen molar-refractivity contribution in [2.75, 3.05) is 24.5 Å². The van der Waals surface area contributed by atoms with Crippen molar-refractivity contribution >= 4 is 17.7 Å². The Balaban J connectivity index is 1.40. The van der Waals surface area contributed by atoms with Crippen molar-refractivity contribution in [2.45, 2.75) is 58.8 Å². The summed E-state index contributed by atoms with van der Waals surface area (Å²) in [5.41, 5.74) is 0.431. The van der Waals surface area contributed by atoms with Gasteiger partial charge in [-0.2, -0.15) is 5.10 Å². The molecule has 2 aromatic rings. The molecule has 0 unspecified atom stereocenters. The largest absolute Gasteiger partial charge is 0.474 e. The van der Waals surface area contributed by atoms with Crippen LogP contribution >= 0.6 is 0 Å². The van der Waals surface area contributed by atoms with Gasteiger partial charge in [-0.15, -0.1) is 0 Å². The minimum Gasteiger partial charge on any atom is -0.474 e. The molecule has 1 amide bonds. The fourth-order valence-electron chi connectivity index (χ4n) is 3.71. The van der Waals surface area contributed by atoms with Gasteiger partial charge in [0.15, 0.2) is 0 Å². The summed E-state index contributed by atoms with van der Waals surface area (Å²) in [7, 11) is 0. The topological polar surface area (TPSA) is 85.6 Å². The van der Waals surface area contributed by atoms with Gasteiger partial charge >= 0.3 is 6.09 Å². The lowest BCUT2D eigenvalue weighted by Crippen LogP contribution is -2.44. The lowest BCUT2D eigenvalue weighted by molar-refractivity contribution is 0.0122. The van der Waals surface area contributed by atoms with E-state index in [4.69, 9.17) is 9.47 Å². The average Bonchev–Trinajstić information content (AvgIpc) is 3.27. The van der Waals surface area contributed by atoms with E-state index in [-0.39, 0.29) is 12.2 Å². The normalized spacial score (nSPS) is 17.4. The SMILES string of the molecule is Cc1c(OC2CCN(C(=O)OC(C)(C)C)CC2)ncnc1N1CCn2nccc21. The van der Waals surface area contributed by atoms with Gasteiger partial charge in [0.1, 0.15) is 29.7 Å². The standard InChI is InChI=1S/C20H28N6O3/c1-14-17(25-11-12-26-16(25)5-8-23-26)21-13-22-18(14)28-15-6-9-24(10-7-15)19(27)29-20(2,3)4/h5,8,13,15H,6-7,9-12H2,1-4H3. The molecule has 0 bridgehead atoms. The third-order valence-electron chi connectivity index (χ3n) is 5.14. The predicted molar refractivity (Wildman–Crippen MR) is 107 cm³/mol. The van der Waals surface area contributed by atoms with Crippen LogP contribution in [0.5, 0.6) is 5.88 Å². The van der Waals surface area contributed by atoms with Crippen molar-refractivity contribution in [3.8, 4) is 5.88 Å². The molecular weight excluding hydrogens is 372 g/mol. The maximum Gasteiger partial charge on any atom is 0.410 e. The molecule has 1 fully saturated rings. The fraction of sp³-hybridized carbons (Fsp3) is 0.600. The highest BCUT2D eigenvalue weighted by Gasteiger charge is 2.29. The molecule has 1 saturated heterocycles. The van der Waals surface area contributed by atoms with Gasteiger partial charge < -0.3 is 19.3 Å². The highest BCUT2D eigenvalue weighted by molar-refractivity contribution is 5.68. The van der Waals surface area contributed by atoms with Gasteiger partial charge in [0.25, 0.3) is 0 Å². The lowest BCUT2D eigenvalue weighted by Gasteiger charge is -2.33. The third-order valence-corrected chi connectivity index (χ3v) is 5.14. The number of carbonyl (C=O) groups excluding carboxylic acids is 1. The number of rotatable bonds is 3. The highest BCUT2D eigenvalue weighted by atomic mass is 16.6. The Morgan fingerprint density at radius 2 is 1.90 bits per heavy atom. The van der Waals surface area contributed by atoms with Crippen molar-refractivity contribution in [3.05, 3.63) is 24.2 Å². The molecule has 0 spiro atoms. The Morgan fingerprint density at radius 3 is 2.62 bits per heavy atom. The van der Waals surface area contributed by atoms with Crippen molar-refractivity contribution in [3.63, 3.8) is 0 Å². The van der Waals surface area contributed by atoms with E-state index < -0.39 is 5.60 Å². The van der Waals surface area contributed by atoms with Crippen LogP contribution in [-0.2, 0) is 11.3 Å². The monoisotopic (exact) mass is 400 g/mol. The molecule has 0 atom stereocenters. The summed E-state index contributed by atoms with van der Waals surface area (Å²) >= 11 is 0. The maximum atomic E-state index is 12.2. The molecule has 0 aromatic carbocycles. The molecule has 0 aliphatic carbocycles. The number of hydrogen-bond acceptors (Lipinski definition) is 7. The van der Waals surface area contributed by atoms with Gasteiger partial charge in [0.05, 0.1) is 18.3 Å². The molecule has 2 aliphatic heterocycles. The Labute approximate surface area is 170 Å². The van der Waals surface area contributed by atoms with E-state index in [0.717, 1.165) is 43.1 Å². The van der Waals surface area contributed by atoms with Crippen LogP contribution in [0.4, 0.5) is 16.4 Å². The van der Waals surface area contributed by atoms with Gasteiger partial charge in [-0.1, -0.05) is 0 Å². The van der Waals surface area contributed by atoms with Gasteiger partial charge in [-0.25, -0.2) is 19.4 Å². The first-order valence-electron chi connectivity index (χ1n) is 10.1. The van der Waals surface area contributed by atoms with E-state index in [1.807, 2.05) is 38.4 Å². The molecular formula is C20H28N6O3. The van der Waals surface area contributed by atoms with Crippen LogP contribution in [0.15, 0.2) is 18.6 Å². The molecule has 0 N–H and O–H groups in total. The van der Waals surface area contributed by atoms with Crippen molar-refractivity contribution < 1.29 is 14.3 Å². The molecule has 156 valence electrons. The van der Waals surface area contributed by atoms with Crippen molar-refractivity contribution in [1.29, 1.82) is 0 Å². The zero-order valence-electron chi connectivity index (χ0n) is 17.5. The smallest absolute Gasteiger partial charge is 0.410 e. The Bertz CT molecular complexity index is 883. The maximum absolute atomic E-state index is 12.2. The van der Waals surface area contributed by atoms with Crippen LogP contribution < -0.4 is 9.64 Å². The van der Waals surface area contributed by atoms with Gasteiger partial charge in [-0.05, 0) is 27.7 Å². The zero-order valence-corrected chi connectivity index (χ0v) is 17.5. The molecule has 4 rings (SSSR count). The molecule has 0 radical (unpaired) electrons. The van der Waals surface area contributed by atoms with E-state index >= 15 is 0 Å². The highest BCUT2D eigenvalue weighted by Crippen LogP contribution is 2.33. The number of fused-ring (bicyclic) bond motifs is 1. The number of carbonyl (C=O) groups is 1. The summed E-state index contributed by atoms with van der Waals surface area (Å²) in [6, 6.07) is 1.99. The van der Waals surface area contributed by atoms with Crippen molar-refractivity contribution in [2.24, 2.45) is 0 Å². The van der Waals surface area contributed by atoms with Crippen LogP contribution in [0, 0.1) is 6.92 Å². The first kappa shape index (κ1) is 19.5. The summed E-state index contributed by atoms with van der Waals surface area (Å²) in [4.78, 5) is 25.0. The van der Waals surface area contributed by atoms with E-state index in [0.29, 0.717) is 19.0 Å². The van der Waals surface area contributed by atoms with Crippen LogP contribution in [0.1, 0.15) is 39.2 Å². The van der Waals surface area contributed by atoms with E-state index in [2.05, 4.69) is 20.0 Å². The van der Waals surface area contributed by atoms with Crippen molar-refractivity contribution in [1.82, 2.24) is 24.6 Å². The van der Waals surface area contributed by atoms with Crippen LogP contribution in [0.3, 0.4) is 0 Å². The Hall–Kier alpha value is -2.84. The lowest BCUT2D eigenvalue weighted by atomic mass is 10.1. The fourth-order valence-corrected chi connectivity index (χ4v) is 3.71. The molecule has 0 saturated carbocycles. The molecule has 9 nitrogen and oxygen atoms in total. The minimum absolute atomic E-state index is 0.0132. The second-order valence-corrected chi connectivity index (χ2v) is 8.48. The molecule has 2 aromatic heterocycles. The molecule has 9 heteroatoms. The quantitative estimate of drug-likeness (QED) is 0.783. The number of hydrogen-bond donors (Lipinski definition) is 0. The van der Waals surface area contributed by atoms with Crippen LogP contribution in [0.25, 0.3) is 0 Å². The van der Waals surface area contributed by atoms with Crippen LogP contribution in [-0.4, -0.2) is 62.1 Å². The summed E-state index contributed by atoms with van der Waals surface area (Å²) < 4.78 is 13.6. The summed E-state index contributed by atoms with van der Waals surface area (Å²) in [5, 5.41) is 4.32. The predicted octanol–water partition coefficient (Wildman–Crippen LogP) is 2.91. The van der Waals surface area contributed by atoms with Crippen LogP contribution in [0.2, 0.25) is 0 Å². The number of aromatic nitrogens is 4. The second kappa shape index (κ2) is 7.53. The van der Waals surface area contributed by atoms with E-state index in [1.165, 1.54) is 0 Å². The summed E-state index contributed by atoms with van der Waals surface area (Å²) in [6.07, 6.45) is 4.59. The zero-order chi connectivity index (χ0) is 20.6. The number of anilines is 2. The number of amides is 1. The number of ether oxygens (including phenoxy) is 2. The third kappa shape index (κ3) is 4.13. The first-order valence-corrected chi connectivity index (χ1v) is 10.1. The number of likely N-dealkylation sites (tertiary alicyclic amines) is 1. The van der Waals surface area contributed by atoms with Gasteiger partial charge in [-0.3, -0.25) is 0 Å². The minimum atomic E-state index is -0.482. The average molecular weight is 400 g/mol. The molecule has 2 aliphatic rings.